The van der Waals surface area contributed by atoms with Crippen LogP contribution in [0.2, 0.25) is 0 Å². The molecule has 2 unspecified atom stereocenters. The summed E-state index contributed by atoms with van der Waals surface area (Å²) in [5.74, 6) is -3.37. The second-order valence-corrected chi connectivity index (χ2v) is 4.31. The van der Waals surface area contributed by atoms with Gasteiger partial charge in [0.05, 0.1) is 5.92 Å². The molecule has 0 amide bonds. The van der Waals surface area contributed by atoms with Gasteiger partial charge in [-0.05, 0) is 6.42 Å². The highest BCUT2D eigenvalue weighted by Gasteiger charge is 2.31. The average Bonchev–Trinajstić information content (AvgIpc) is 2.15. The van der Waals surface area contributed by atoms with Gasteiger partial charge in [-0.2, -0.15) is 0 Å². The Morgan fingerprint density at radius 3 is 2.43 bits per heavy atom. The fourth-order valence-electron chi connectivity index (χ4n) is 0.944. The SMILES string of the molecule is C=CCC(C[P+](=O)CO)C(=O)C(=O)O. The minimum atomic E-state index is -1.91. The lowest BCUT2D eigenvalue weighted by Crippen LogP contribution is -2.24. The van der Waals surface area contributed by atoms with Gasteiger partial charge in [-0.3, -0.25) is 4.79 Å². The predicted molar refractivity (Wildman–Crippen MR) is 50.5 cm³/mol. The Balaban J connectivity index is 4.42. The highest BCUT2D eigenvalue weighted by atomic mass is 31.1. The topological polar surface area (TPSA) is 91.7 Å². The van der Waals surface area contributed by atoms with Crippen molar-refractivity contribution in [1.82, 2.24) is 0 Å². The number of carbonyl (C=O) groups excluding carboxylic acids is 1. The van der Waals surface area contributed by atoms with Gasteiger partial charge in [0.2, 0.25) is 12.1 Å². The molecule has 0 aromatic heterocycles. The standard InChI is InChI=1S/C8H11O5P/c1-2-3-6(4-14(13)5-9)7(10)8(11)12/h2,6,9H,1,3-5H2/p+1. The molecule has 0 aliphatic heterocycles. The van der Waals surface area contributed by atoms with Gasteiger partial charge in [-0.15, -0.1) is 6.58 Å². The second-order valence-electron chi connectivity index (χ2n) is 2.70. The first kappa shape index (κ1) is 12.9. The van der Waals surface area contributed by atoms with E-state index in [2.05, 4.69) is 6.58 Å². The third kappa shape index (κ3) is 4.25. The lowest BCUT2D eigenvalue weighted by molar-refractivity contribution is -0.150. The van der Waals surface area contributed by atoms with Crippen LogP contribution in [0.1, 0.15) is 6.42 Å². The van der Waals surface area contributed by atoms with Crippen molar-refractivity contribution < 1.29 is 24.4 Å². The molecule has 0 saturated heterocycles. The first-order chi connectivity index (χ1) is 6.52. The van der Waals surface area contributed by atoms with Gasteiger partial charge >= 0.3 is 13.8 Å². The van der Waals surface area contributed by atoms with E-state index < -0.39 is 31.8 Å². The molecule has 0 radical (unpaired) electrons. The molecule has 0 aromatic rings. The van der Waals surface area contributed by atoms with E-state index >= 15 is 0 Å². The molecule has 0 aromatic carbocycles. The van der Waals surface area contributed by atoms with Crippen LogP contribution in [-0.4, -0.2) is 34.5 Å². The van der Waals surface area contributed by atoms with Crippen molar-refractivity contribution in [3.63, 3.8) is 0 Å². The monoisotopic (exact) mass is 219 g/mol. The summed E-state index contributed by atoms with van der Waals surface area (Å²) in [6, 6.07) is 0. The number of carboxylic acid groups (broad SMARTS) is 1. The number of carboxylic acids is 1. The molecule has 0 saturated carbocycles. The summed E-state index contributed by atoms with van der Waals surface area (Å²) < 4.78 is 10.9. The number of Topliss-reactive ketones (excluding diaryl/α,β-unsaturated/α-hetero) is 1. The van der Waals surface area contributed by atoms with Crippen LogP contribution < -0.4 is 0 Å². The summed E-state index contributed by atoms with van der Waals surface area (Å²) in [6.07, 6.45) is 0.914. The highest BCUT2D eigenvalue weighted by molar-refractivity contribution is 7.44. The zero-order chi connectivity index (χ0) is 11.1. The third-order valence-electron chi connectivity index (χ3n) is 1.61. The summed E-state index contributed by atoms with van der Waals surface area (Å²) in [5.41, 5.74) is 0. The predicted octanol–water partition coefficient (Wildman–Crippen LogP) is 0.610. The number of rotatable bonds is 7. The van der Waals surface area contributed by atoms with E-state index in [4.69, 9.17) is 10.2 Å². The van der Waals surface area contributed by atoms with Crippen molar-refractivity contribution in [2.24, 2.45) is 5.92 Å². The van der Waals surface area contributed by atoms with Crippen LogP contribution in [0.5, 0.6) is 0 Å². The lowest BCUT2D eigenvalue weighted by atomic mass is 10.0. The Labute approximate surface area is 82.2 Å². The van der Waals surface area contributed by atoms with E-state index in [1.807, 2.05) is 0 Å². The van der Waals surface area contributed by atoms with Crippen LogP contribution in [0, 0.1) is 5.92 Å². The molecule has 14 heavy (non-hydrogen) atoms. The summed E-state index contributed by atoms with van der Waals surface area (Å²) in [5, 5.41) is 16.9. The molecule has 0 aliphatic rings. The molecular weight excluding hydrogens is 207 g/mol. The Bertz CT molecular complexity index is 260. The molecule has 0 bridgehead atoms. The van der Waals surface area contributed by atoms with Crippen LogP contribution in [0.25, 0.3) is 0 Å². The van der Waals surface area contributed by atoms with E-state index in [0.29, 0.717) is 0 Å². The summed E-state index contributed by atoms with van der Waals surface area (Å²) in [7, 11) is -1.91. The van der Waals surface area contributed by atoms with E-state index in [9.17, 15) is 14.2 Å². The number of carbonyl (C=O) groups is 2. The minimum absolute atomic E-state index is 0.108. The number of aliphatic hydroxyl groups excluding tert-OH is 1. The van der Waals surface area contributed by atoms with Crippen LogP contribution in [-0.2, 0) is 14.2 Å². The molecule has 0 heterocycles. The van der Waals surface area contributed by atoms with E-state index in [1.54, 1.807) is 0 Å². The van der Waals surface area contributed by atoms with E-state index in [-0.39, 0.29) is 12.6 Å². The fraction of sp³-hybridized carbons (Fsp3) is 0.500. The average molecular weight is 219 g/mol. The first-order valence-electron chi connectivity index (χ1n) is 3.93. The number of aliphatic hydroxyl groups is 1. The van der Waals surface area contributed by atoms with Crippen molar-refractivity contribution in [2.45, 2.75) is 6.42 Å². The number of allylic oxidation sites excluding steroid dienone is 1. The van der Waals surface area contributed by atoms with Gasteiger partial charge in [0.25, 0.3) is 0 Å². The Hall–Kier alpha value is -1.06. The molecule has 2 atom stereocenters. The van der Waals surface area contributed by atoms with Gasteiger partial charge in [-0.1, -0.05) is 10.6 Å². The molecule has 78 valence electrons. The summed E-state index contributed by atoms with van der Waals surface area (Å²) in [4.78, 5) is 21.4. The molecule has 0 aliphatic carbocycles. The maximum absolute atomic E-state index is 11.0. The van der Waals surface area contributed by atoms with Crippen LogP contribution >= 0.6 is 7.80 Å². The van der Waals surface area contributed by atoms with Crippen molar-refractivity contribution >= 4 is 19.6 Å². The zero-order valence-corrected chi connectivity index (χ0v) is 8.44. The molecule has 0 spiro atoms. The van der Waals surface area contributed by atoms with Crippen molar-refractivity contribution in [1.29, 1.82) is 0 Å². The third-order valence-corrected chi connectivity index (χ3v) is 2.78. The summed E-state index contributed by atoms with van der Waals surface area (Å²) >= 11 is 0. The molecule has 0 fully saturated rings. The van der Waals surface area contributed by atoms with Gasteiger partial charge in [0.15, 0.2) is 6.16 Å². The van der Waals surface area contributed by atoms with E-state index in [0.717, 1.165) is 0 Å². The number of ketones is 1. The summed E-state index contributed by atoms with van der Waals surface area (Å²) in [6.45, 7) is 3.37. The van der Waals surface area contributed by atoms with Gasteiger partial charge < -0.3 is 10.2 Å². The molecule has 6 heteroatoms. The van der Waals surface area contributed by atoms with Crippen LogP contribution in [0.3, 0.4) is 0 Å². The molecule has 5 nitrogen and oxygen atoms in total. The van der Waals surface area contributed by atoms with Crippen molar-refractivity contribution in [2.75, 3.05) is 12.5 Å². The second kappa shape index (κ2) is 6.40. The minimum Gasteiger partial charge on any atom is -0.475 e. The van der Waals surface area contributed by atoms with Crippen molar-refractivity contribution in [3.05, 3.63) is 12.7 Å². The lowest BCUT2D eigenvalue weighted by Gasteiger charge is -2.03. The van der Waals surface area contributed by atoms with E-state index in [1.165, 1.54) is 6.08 Å². The van der Waals surface area contributed by atoms with Gasteiger partial charge in [0.1, 0.15) is 0 Å². The number of hydrogen-bond acceptors (Lipinski definition) is 4. The Kier molecular flexibility index (Phi) is 5.92. The van der Waals surface area contributed by atoms with Crippen LogP contribution in [0.15, 0.2) is 12.7 Å². The number of hydrogen-bond donors (Lipinski definition) is 2. The van der Waals surface area contributed by atoms with Gasteiger partial charge in [-0.25, -0.2) is 4.79 Å². The van der Waals surface area contributed by atoms with Crippen LogP contribution in [0.4, 0.5) is 0 Å². The fourth-order valence-corrected chi connectivity index (χ4v) is 1.87. The van der Waals surface area contributed by atoms with Crippen molar-refractivity contribution in [3.8, 4) is 0 Å². The maximum atomic E-state index is 11.0. The highest BCUT2D eigenvalue weighted by Crippen LogP contribution is 2.24. The smallest absolute Gasteiger partial charge is 0.372 e. The number of aliphatic carboxylic acids is 1. The Morgan fingerprint density at radius 1 is 1.50 bits per heavy atom. The molecule has 2 N–H and O–H groups in total. The molecular formula is C8H12O5P+. The zero-order valence-electron chi connectivity index (χ0n) is 7.55. The largest absolute Gasteiger partial charge is 0.475 e. The first-order valence-corrected chi connectivity index (χ1v) is 5.56. The Morgan fingerprint density at radius 2 is 2.07 bits per heavy atom. The molecule has 0 rings (SSSR count). The van der Waals surface area contributed by atoms with Gasteiger partial charge in [0, 0.05) is 0 Å². The normalized spacial score (nSPS) is 13.1. The quantitative estimate of drug-likeness (QED) is 0.372. The maximum Gasteiger partial charge on any atom is 0.372 e.